The summed E-state index contributed by atoms with van der Waals surface area (Å²) in [5.41, 5.74) is 1.33. The molecule has 62 valence electrons. The first-order valence-corrected chi connectivity index (χ1v) is 4.21. The predicted octanol–water partition coefficient (Wildman–Crippen LogP) is 2.99. The average molecular weight is 151 g/mol. The third-order valence-electron chi connectivity index (χ3n) is 1.34. The van der Waals surface area contributed by atoms with Crippen LogP contribution in [0.3, 0.4) is 0 Å². The van der Waals surface area contributed by atoms with Crippen LogP contribution >= 0.6 is 0 Å². The van der Waals surface area contributed by atoms with Gasteiger partial charge in [0.15, 0.2) is 0 Å². The molecule has 0 spiro atoms. The molecule has 1 aliphatic carbocycles. The first kappa shape index (κ1) is 10.2. The molecular weight excluding hydrogens is 134 g/mol. The van der Waals surface area contributed by atoms with Crippen LogP contribution < -0.4 is 0 Å². The number of rotatable bonds is 1. The Morgan fingerprint density at radius 3 is 2.64 bits per heavy atom. The van der Waals surface area contributed by atoms with Crippen LogP contribution in [0, 0.1) is 0 Å². The lowest BCUT2D eigenvalue weighted by Gasteiger charge is -2.00. The SMILES string of the molecule is CC.CN=CC1=CC=CCC1. The molecule has 0 fully saturated rings. The number of hydrogen-bond donors (Lipinski definition) is 0. The molecule has 0 N–H and O–H groups in total. The summed E-state index contributed by atoms with van der Waals surface area (Å²) < 4.78 is 0. The molecule has 0 aromatic rings. The number of aliphatic imine (C=N–C) groups is 1. The van der Waals surface area contributed by atoms with Gasteiger partial charge in [0.2, 0.25) is 0 Å². The molecule has 0 aromatic carbocycles. The van der Waals surface area contributed by atoms with Crippen LogP contribution in [0.2, 0.25) is 0 Å². The zero-order valence-electron chi connectivity index (χ0n) is 7.67. The first-order chi connectivity index (χ1) is 5.43. The Morgan fingerprint density at radius 2 is 2.18 bits per heavy atom. The fourth-order valence-corrected chi connectivity index (χ4v) is 0.895. The van der Waals surface area contributed by atoms with E-state index in [1.807, 2.05) is 20.1 Å². The molecule has 11 heavy (non-hydrogen) atoms. The Hall–Kier alpha value is -0.850. The van der Waals surface area contributed by atoms with Crippen molar-refractivity contribution in [3.63, 3.8) is 0 Å². The van der Waals surface area contributed by atoms with Gasteiger partial charge in [-0.05, 0) is 18.4 Å². The van der Waals surface area contributed by atoms with Gasteiger partial charge in [-0.3, -0.25) is 4.99 Å². The van der Waals surface area contributed by atoms with Gasteiger partial charge in [0.25, 0.3) is 0 Å². The van der Waals surface area contributed by atoms with E-state index in [-0.39, 0.29) is 0 Å². The van der Waals surface area contributed by atoms with Crippen molar-refractivity contribution in [1.29, 1.82) is 0 Å². The topological polar surface area (TPSA) is 12.4 Å². The Morgan fingerprint density at radius 1 is 1.45 bits per heavy atom. The van der Waals surface area contributed by atoms with Crippen LogP contribution in [0.4, 0.5) is 0 Å². The van der Waals surface area contributed by atoms with Gasteiger partial charge in [0, 0.05) is 13.3 Å². The Bertz CT molecular complexity index is 164. The number of hydrogen-bond acceptors (Lipinski definition) is 1. The molecule has 0 saturated heterocycles. The first-order valence-electron chi connectivity index (χ1n) is 4.21. The van der Waals surface area contributed by atoms with Gasteiger partial charge in [0.1, 0.15) is 0 Å². The van der Waals surface area contributed by atoms with Gasteiger partial charge in [-0.15, -0.1) is 0 Å². The van der Waals surface area contributed by atoms with Crippen LogP contribution in [0.15, 0.2) is 28.8 Å². The highest BCUT2D eigenvalue weighted by atomic mass is 14.6. The maximum absolute atomic E-state index is 3.93. The van der Waals surface area contributed by atoms with Crippen LogP contribution in [-0.4, -0.2) is 13.3 Å². The summed E-state index contributed by atoms with van der Waals surface area (Å²) in [5.74, 6) is 0. The van der Waals surface area contributed by atoms with Gasteiger partial charge >= 0.3 is 0 Å². The van der Waals surface area contributed by atoms with Gasteiger partial charge < -0.3 is 0 Å². The van der Waals surface area contributed by atoms with E-state index in [0.717, 1.165) is 12.8 Å². The molecule has 0 aromatic heterocycles. The van der Waals surface area contributed by atoms with Crippen molar-refractivity contribution in [2.75, 3.05) is 7.05 Å². The lowest BCUT2D eigenvalue weighted by Crippen LogP contribution is -1.87. The zero-order chi connectivity index (χ0) is 8.53. The lowest BCUT2D eigenvalue weighted by atomic mass is 10.1. The predicted molar refractivity (Wildman–Crippen MR) is 52.2 cm³/mol. The van der Waals surface area contributed by atoms with E-state index in [9.17, 15) is 0 Å². The van der Waals surface area contributed by atoms with Crippen LogP contribution in [0.25, 0.3) is 0 Å². The van der Waals surface area contributed by atoms with Gasteiger partial charge in [0.05, 0.1) is 0 Å². The Labute approximate surface area is 69.5 Å². The highest BCUT2D eigenvalue weighted by Gasteiger charge is 1.93. The largest absolute Gasteiger partial charge is 0.296 e. The molecule has 1 rings (SSSR count). The Kier molecular flexibility index (Phi) is 6.70. The maximum atomic E-state index is 3.93. The van der Waals surface area contributed by atoms with E-state index >= 15 is 0 Å². The van der Waals surface area contributed by atoms with Gasteiger partial charge in [-0.25, -0.2) is 0 Å². The second kappa shape index (κ2) is 7.26. The second-order valence-corrected chi connectivity index (χ2v) is 2.10. The Balaban J connectivity index is 0.000000461. The maximum Gasteiger partial charge on any atom is 0.0277 e. The van der Waals surface area contributed by atoms with Crippen LogP contribution in [0.1, 0.15) is 26.7 Å². The van der Waals surface area contributed by atoms with Crippen molar-refractivity contribution in [2.45, 2.75) is 26.7 Å². The smallest absolute Gasteiger partial charge is 0.0277 e. The van der Waals surface area contributed by atoms with Crippen molar-refractivity contribution in [3.8, 4) is 0 Å². The van der Waals surface area contributed by atoms with Crippen molar-refractivity contribution in [3.05, 3.63) is 23.8 Å². The standard InChI is InChI=1S/C8H11N.C2H6/c1-9-7-8-5-3-2-4-6-8;1-2/h2-3,5,7H,4,6H2,1H3;1-2H3. The van der Waals surface area contributed by atoms with E-state index in [2.05, 4.69) is 23.2 Å². The van der Waals surface area contributed by atoms with E-state index in [1.165, 1.54) is 5.57 Å². The third-order valence-corrected chi connectivity index (χ3v) is 1.34. The molecule has 0 heterocycles. The monoisotopic (exact) mass is 151 g/mol. The molecule has 0 aliphatic heterocycles. The van der Waals surface area contributed by atoms with Crippen LogP contribution in [-0.2, 0) is 0 Å². The number of nitrogens with zero attached hydrogens (tertiary/aromatic N) is 1. The summed E-state index contributed by atoms with van der Waals surface area (Å²) in [5, 5.41) is 0. The number of allylic oxidation sites excluding steroid dienone is 4. The minimum Gasteiger partial charge on any atom is -0.296 e. The third kappa shape index (κ3) is 4.54. The molecule has 0 bridgehead atoms. The fraction of sp³-hybridized carbons (Fsp3) is 0.500. The second-order valence-electron chi connectivity index (χ2n) is 2.10. The van der Waals surface area contributed by atoms with Crippen molar-refractivity contribution < 1.29 is 0 Å². The quantitative estimate of drug-likeness (QED) is 0.511. The molecule has 1 heteroatoms. The van der Waals surface area contributed by atoms with Gasteiger partial charge in [-0.2, -0.15) is 0 Å². The van der Waals surface area contributed by atoms with E-state index in [4.69, 9.17) is 0 Å². The van der Waals surface area contributed by atoms with Crippen molar-refractivity contribution in [1.82, 2.24) is 0 Å². The average Bonchev–Trinajstić information content (AvgIpc) is 2.11. The molecule has 0 atom stereocenters. The summed E-state index contributed by atoms with van der Waals surface area (Å²) in [7, 11) is 1.80. The van der Waals surface area contributed by atoms with Crippen molar-refractivity contribution in [2.24, 2.45) is 4.99 Å². The summed E-state index contributed by atoms with van der Waals surface area (Å²) in [6, 6.07) is 0. The fourth-order valence-electron chi connectivity index (χ4n) is 0.895. The molecule has 1 aliphatic rings. The lowest BCUT2D eigenvalue weighted by molar-refractivity contribution is 1.01. The minimum absolute atomic E-state index is 1.15. The summed E-state index contributed by atoms with van der Waals surface area (Å²) in [6.45, 7) is 4.00. The highest BCUT2D eigenvalue weighted by molar-refractivity contribution is 5.79. The normalized spacial score (nSPS) is 15.7. The molecule has 0 saturated carbocycles. The van der Waals surface area contributed by atoms with Gasteiger partial charge in [-0.1, -0.05) is 32.1 Å². The molecule has 0 radical (unpaired) electrons. The van der Waals surface area contributed by atoms with E-state index in [1.54, 1.807) is 7.05 Å². The van der Waals surface area contributed by atoms with E-state index in [0.29, 0.717) is 0 Å². The zero-order valence-corrected chi connectivity index (χ0v) is 7.67. The molecule has 0 unspecified atom stereocenters. The molecule has 0 amide bonds. The molecular formula is C10H17N. The van der Waals surface area contributed by atoms with Crippen molar-refractivity contribution >= 4 is 6.21 Å². The minimum atomic E-state index is 1.15. The van der Waals surface area contributed by atoms with E-state index < -0.39 is 0 Å². The summed E-state index contributed by atoms with van der Waals surface area (Å²) >= 11 is 0. The summed E-state index contributed by atoms with van der Waals surface area (Å²) in [6.07, 6.45) is 10.6. The molecule has 1 nitrogen and oxygen atoms in total. The van der Waals surface area contributed by atoms with Crippen LogP contribution in [0.5, 0.6) is 0 Å². The summed E-state index contributed by atoms with van der Waals surface area (Å²) in [4.78, 5) is 3.93. The highest BCUT2D eigenvalue weighted by Crippen LogP contribution is 2.08.